The quantitative estimate of drug-likeness (QED) is 0.630. The zero-order valence-corrected chi connectivity index (χ0v) is 13.1. The van der Waals surface area contributed by atoms with Crippen molar-refractivity contribution in [2.45, 2.75) is 13.8 Å². The van der Waals surface area contributed by atoms with Gasteiger partial charge in [-0.25, -0.2) is 0 Å². The number of aryl methyl sites for hydroxylation is 2. The molecule has 1 aromatic heterocycles. The highest BCUT2D eigenvalue weighted by molar-refractivity contribution is 5.69. The van der Waals surface area contributed by atoms with Crippen LogP contribution in [-0.2, 0) is 14.1 Å². The second-order valence-corrected chi connectivity index (χ2v) is 5.65. The topological polar surface area (TPSA) is 8.81 Å². The van der Waals surface area contributed by atoms with E-state index in [4.69, 9.17) is 0 Å². The van der Waals surface area contributed by atoms with E-state index in [2.05, 4.69) is 91.9 Å². The van der Waals surface area contributed by atoms with Crippen LogP contribution < -0.4 is 4.68 Å². The van der Waals surface area contributed by atoms with Gasteiger partial charge in [0.1, 0.15) is 5.69 Å². The summed E-state index contributed by atoms with van der Waals surface area (Å²) in [7, 11) is 4.22. The average molecular weight is 277 g/mol. The first-order valence-corrected chi connectivity index (χ1v) is 7.27. The van der Waals surface area contributed by atoms with Crippen LogP contribution in [0.5, 0.6) is 0 Å². The summed E-state index contributed by atoms with van der Waals surface area (Å²) in [5, 5.41) is 0. The van der Waals surface area contributed by atoms with Gasteiger partial charge in [0.25, 0.3) is 0 Å². The van der Waals surface area contributed by atoms with E-state index < -0.39 is 0 Å². The molecule has 0 atom stereocenters. The van der Waals surface area contributed by atoms with Crippen molar-refractivity contribution in [3.05, 3.63) is 65.7 Å². The molecule has 0 amide bonds. The molecule has 1 heterocycles. The van der Waals surface area contributed by atoms with E-state index in [0.717, 1.165) is 0 Å². The summed E-state index contributed by atoms with van der Waals surface area (Å²) in [6.45, 7) is 4.31. The first kappa shape index (κ1) is 13.6. The predicted molar refractivity (Wildman–Crippen MR) is 86.9 cm³/mol. The van der Waals surface area contributed by atoms with E-state index in [1.807, 2.05) is 0 Å². The average Bonchev–Trinajstić information content (AvgIpc) is 2.77. The van der Waals surface area contributed by atoms with Crippen LogP contribution in [0.1, 0.15) is 11.1 Å². The van der Waals surface area contributed by atoms with Crippen LogP contribution in [0, 0.1) is 13.8 Å². The monoisotopic (exact) mass is 277 g/mol. The third-order valence-corrected chi connectivity index (χ3v) is 4.15. The lowest BCUT2D eigenvalue weighted by molar-refractivity contribution is -0.740. The van der Waals surface area contributed by atoms with Gasteiger partial charge in [0, 0.05) is 17.2 Å². The fraction of sp³-hybridized carbons (Fsp3) is 0.211. The molecule has 0 spiro atoms. The summed E-state index contributed by atoms with van der Waals surface area (Å²) < 4.78 is 4.41. The number of nitrogens with zero attached hydrogens (tertiary/aromatic N) is 2. The highest BCUT2D eigenvalue weighted by Gasteiger charge is 2.20. The number of hydrogen-bond donors (Lipinski definition) is 0. The Bertz CT molecular complexity index is 783. The molecule has 0 N–H and O–H groups in total. The normalized spacial score (nSPS) is 10.9. The maximum absolute atomic E-state index is 2.27. The molecular formula is C19H21N2+. The second-order valence-electron chi connectivity index (χ2n) is 5.65. The Morgan fingerprint density at radius 1 is 0.905 bits per heavy atom. The SMILES string of the molecule is Cc1ccc(-c2cc(-c3ccccc3)[n+](C)n2C)c(C)c1. The largest absolute Gasteiger partial charge is 0.238 e. The van der Waals surface area contributed by atoms with Gasteiger partial charge in [-0.05, 0) is 31.5 Å². The molecule has 0 radical (unpaired) electrons. The lowest BCUT2D eigenvalue weighted by atomic mass is 10.0. The van der Waals surface area contributed by atoms with Gasteiger partial charge in [-0.1, -0.05) is 42.0 Å². The molecule has 0 saturated heterocycles. The Morgan fingerprint density at radius 3 is 2.29 bits per heavy atom. The van der Waals surface area contributed by atoms with Crippen molar-refractivity contribution in [2.24, 2.45) is 14.1 Å². The highest BCUT2D eigenvalue weighted by Crippen LogP contribution is 2.27. The Hall–Kier alpha value is -2.35. The third kappa shape index (κ3) is 2.38. The first-order valence-electron chi connectivity index (χ1n) is 7.27. The van der Waals surface area contributed by atoms with Gasteiger partial charge < -0.3 is 0 Å². The fourth-order valence-corrected chi connectivity index (χ4v) is 2.87. The molecule has 0 fully saturated rings. The molecule has 2 nitrogen and oxygen atoms in total. The molecule has 106 valence electrons. The van der Waals surface area contributed by atoms with Crippen molar-refractivity contribution < 1.29 is 4.68 Å². The molecule has 0 unspecified atom stereocenters. The van der Waals surface area contributed by atoms with Crippen LogP contribution in [-0.4, -0.2) is 4.68 Å². The first-order chi connectivity index (χ1) is 10.1. The fourth-order valence-electron chi connectivity index (χ4n) is 2.87. The van der Waals surface area contributed by atoms with E-state index in [0.29, 0.717) is 0 Å². The molecule has 0 aliphatic heterocycles. The van der Waals surface area contributed by atoms with Crippen molar-refractivity contribution in [3.8, 4) is 22.5 Å². The Morgan fingerprint density at radius 2 is 1.62 bits per heavy atom. The molecule has 3 aromatic rings. The van der Waals surface area contributed by atoms with Gasteiger partial charge in [-0.3, -0.25) is 0 Å². The van der Waals surface area contributed by atoms with Crippen LogP contribution in [0.3, 0.4) is 0 Å². The zero-order valence-electron chi connectivity index (χ0n) is 13.1. The van der Waals surface area contributed by atoms with E-state index in [1.165, 1.54) is 33.6 Å². The van der Waals surface area contributed by atoms with E-state index in [-0.39, 0.29) is 0 Å². The van der Waals surface area contributed by atoms with Crippen LogP contribution in [0.15, 0.2) is 54.6 Å². The molecule has 2 aromatic carbocycles. The summed E-state index contributed by atoms with van der Waals surface area (Å²) in [6, 6.07) is 19.4. The summed E-state index contributed by atoms with van der Waals surface area (Å²) >= 11 is 0. The molecule has 0 saturated carbocycles. The van der Waals surface area contributed by atoms with Gasteiger partial charge >= 0.3 is 0 Å². The molecule has 0 bridgehead atoms. The smallest absolute Gasteiger partial charge is 0.156 e. The lowest BCUT2D eigenvalue weighted by Gasteiger charge is -2.05. The van der Waals surface area contributed by atoms with Crippen molar-refractivity contribution in [1.29, 1.82) is 0 Å². The van der Waals surface area contributed by atoms with Gasteiger partial charge in [0.05, 0.1) is 7.05 Å². The van der Waals surface area contributed by atoms with Crippen LogP contribution >= 0.6 is 0 Å². The Kier molecular flexibility index (Phi) is 3.38. The maximum atomic E-state index is 2.27. The van der Waals surface area contributed by atoms with Crippen molar-refractivity contribution >= 4 is 0 Å². The summed E-state index contributed by atoms with van der Waals surface area (Å²) in [5.74, 6) is 0. The maximum Gasteiger partial charge on any atom is 0.238 e. The molecular weight excluding hydrogens is 256 g/mol. The van der Waals surface area contributed by atoms with Crippen molar-refractivity contribution in [3.63, 3.8) is 0 Å². The minimum Gasteiger partial charge on any atom is -0.156 e. The van der Waals surface area contributed by atoms with E-state index >= 15 is 0 Å². The number of aromatic nitrogens is 2. The number of rotatable bonds is 2. The standard InChI is InChI=1S/C19H21N2/c1-14-10-11-17(15(2)12-14)19-13-18(20(3)21(19)4)16-8-6-5-7-9-16/h5-13H,1-4H3/q+1. The van der Waals surface area contributed by atoms with Crippen molar-refractivity contribution in [1.82, 2.24) is 4.68 Å². The lowest BCUT2D eigenvalue weighted by Crippen LogP contribution is -2.39. The predicted octanol–water partition coefficient (Wildman–Crippen LogP) is 3.80. The van der Waals surface area contributed by atoms with E-state index in [1.54, 1.807) is 0 Å². The number of hydrogen-bond acceptors (Lipinski definition) is 0. The van der Waals surface area contributed by atoms with Crippen LogP contribution in [0.4, 0.5) is 0 Å². The van der Waals surface area contributed by atoms with Gasteiger partial charge in [0.2, 0.25) is 5.69 Å². The van der Waals surface area contributed by atoms with E-state index in [9.17, 15) is 0 Å². The number of benzene rings is 2. The highest BCUT2D eigenvalue weighted by atomic mass is 15.4. The zero-order chi connectivity index (χ0) is 15.0. The molecule has 0 aliphatic carbocycles. The Labute approximate surface area is 126 Å². The molecule has 21 heavy (non-hydrogen) atoms. The van der Waals surface area contributed by atoms with Crippen LogP contribution in [0.2, 0.25) is 0 Å². The summed E-state index contributed by atoms with van der Waals surface area (Å²) in [5.41, 5.74) is 7.63. The second kappa shape index (κ2) is 5.21. The minimum absolute atomic E-state index is 1.23. The Balaban J connectivity index is 2.17. The van der Waals surface area contributed by atoms with Crippen molar-refractivity contribution in [2.75, 3.05) is 0 Å². The van der Waals surface area contributed by atoms with Gasteiger partial charge in [-0.2, -0.15) is 4.68 Å². The third-order valence-electron chi connectivity index (χ3n) is 4.15. The molecule has 0 aliphatic rings. The van der Waals surface area contributed by atoms with Gasteiger partial charge in [0.15, 0.2) is 7.05 Å². The van der Waals surface area contributed by atoms with Gasteiger partial charge in [-0.15, -0.1) is 4.68 Å². The summed E-state index contributed by atoms with van der Waals surface area (Å²) in [6.07, 6.45) is 0. The molecule has 2 heteroatoms. The van der Waals surface area contributed by atoms with Crippen LogP contribution in [0.25, 0.3) is 22.5 Å². The summed E-state index contributed by atoms with van der Waals surface area (Å²) in [4.78, 5) is 0. The minimum atomic E-state index is 1.23. The molecule has 3 rings (SSSR count).